The Labute approximate surface area is 110 Å². The Morgan fingerprint density at radius 2 is 1.89 bits per heavy atom. The zero-order valence-electron chi connectivity index (χ0n) is 11.6. The Balaban J connectivity index is 2.22. The highest BCUT2D eigenvalue weighted by Gasteiger charge is 2.30. The average Bonchev–Trinajstić information content (AvgIpc) is 2.38. The van der Waals surface area contributed by atoms with Gasteiger partial charge in [-0.25, -0.2) is 0 Å². The molecule has 0 aliphatic carbocycles. The lowest BCUT2D eigenvalue weighted by molar-refractivity contribution is 0.171. The molecule has 0 spiro atoms. The minimum Gasteiger partial charge on any atom is -0.394 e. The van der Waals surface area contributed by atoms with Gasteiger partial charge in [0.05, 0.1) is 12.6 Å². The molecule has 3 nitrogen and oxygen atoms in total. The van der Waals surface area contributed by atoms with Crippen LogP contribution in [0.3, 0.4) is 0 Å². The molecule has 3 heteroatoms. The van der Waals surface area contributed by atoms with E-state index in [1.165, 1.54) is 11.3 Å². The maximum absolute atomic E-state index is 9.59. The molecule has 100 valence electrons. The Bertz CT molecular complexity index is 377. The molecule has 2 rings (SSSR count). The first kappa shape index (κ1) is 13.4. The van der Waals surface area contributed by atoms with Gasteiger partial charge < -0.3 is 14.9 Å². The fourth-order valence-electron chi connectivity index (χ4n) is 2.94. The van der Waals surface area contributed by atoms with Gasteiger partial charge in [-0.1, -0.05) is 19.1 Å². The van der Waals surface area contributed by atoms with Gasteiger partial charge in [-0.3, -0.25) is 0 Å². The number of hydrogen-bond donors (Lipinski definition) is 1. The summed E-state index contributed by atoms with van der Waals surface area (Å²) in [6.45, 7) is 6.59. The van der Waals surface area contributed by atoms with Crippen LogP contribution in [0.2, 0.25) is 0 Å². The van der Waals surface area contributed by atoms with E-state index in [0.717, 1.165) is 19.5 Å². The minimum absolute atomic E-state index is 0.200. The molecule has 2 unspecified atom stereocenters. The quantitative estimate of drug-likeness (QED) is 0.883. The molecule has 0 amide bonds. The third kappa shape index (κ3) is 2.68. The topological polar surface area (TPSA) is 26.7 Å². The molecular formula is C15H24N2O. The van der Waals surface area contributed by atoms with Gasteiger partial charge in [-0.2, -0.15) is 0 Å². The van der Waals surface area contributed by atoms with Crippen molar-refractivity contribution in [3.05, 3.63) is 29.8 Å². The Kier molecular flexibility index (Phi) is 4.25. The fraction of sp³-hybridized carbons (Fsp3) is 0.600. The van der Waals surface area contributed by atoms with E-state index in [-0.39, 0.29) is 12.6 Å². The molecular weight excluding hydrogens is 224 g/mol. The molecule has 1 N–H and O–H groups in total. The minimum atomic E-state index is 0.200. The van der Waals surface area contributed by atoms with Gasteiger partial charge in [-0.15, -0.1) is 0 Å². The van der Waals surface area contributed by atoms with E-state index in [1.54, 1.807) is 0 Å². The third-order valence-electron chi connectivity index (χ3n) is 3.82. The second-order valence-corrected chi connectivity index (χ2v) is 5.33. The van der Waals surface area contributed by atoms with Crippen LogP contribution in [-0.2, 0) is 6.42 Å². The number of aliphatic hydroxyl groups is 1. The van der Waals surface area contributed by atoms with Crippen molar-refractivity contribution in [2.45, 2.75) is 32.4 Å². The van der Waals surface area contributed by atoms with Crippen molar-refractivity contribution in [2.24, 2.45) is 0 Å². The molecule has 0 radical (unpaired) electrons. The molecule has 0 saturated carbocycles. The summed E-state index contributed by atoms with van der Waals surface area (Å²) in [4.78, 5) is 4.65. The number of nitrogens with zero attached hydrogens (tertiary/aromatic N) is 2. The summed E-state index contributed by atoms with van der Waals surface area (Å²) in [6, 6.07) is 9.38. The summed E-state index contributed by atoms with van der Waals surface area (Å²) < 4.78 is 0. The molecule has 1 saturated heterocycles. The second kappa shape index (κ2) is 5.72. The highest BCUT2D eigenvalue weighted by molar-refractivity contribution is 5.50. The average molecular weight is 248 g/mol. The van der Waals surface area contributed by atoms with Crippen LogP contribution in [0.4, 0.5) is 5.69 Å². The first-order valence-electron chi connectivity index (χ1n) is 6.82. The molecule has 0 bridgehead atoms. The van der Waals surface area contributed by atoms with Crippen LogP contribution in [0.1, 0.15) is 19.4 Å². The van der Waals surface area contributed by atoms with Crippen molar-refractivity contribution in [2.75, 3.05) is 31.6 Å². The predicted molar refractivity (Wildman–Crippen MR) is 76.1 cm³/mol. The maximum Gasteiger partial charge on any atom is 0.0651 e. The Morgan fingerprint density at radius 3 is 2.44 bits per heavy atom. The lowest BCUT2D eigenvalue weighted by Gasteiger charge is -2.45. The normalized spacial score (nSPS) is 25.4. The van der Waals surface area contributed by atoms with Crippen LogP contribution in [-0.4, -0.2) is 48.8 Å². The van der Waals surface area contributed by atoms with Gasteiger partial charge in [-0.05, 0) is 38.1 Å². The third-order valence-corrected chi connectivity index (χ3v) is 3.82. The Morgan fingerprint density at radius 1 is 1.22 bits per heavy atom. The van der Waals surface area contributed by atoms with E-state index in [9.17, 15) is 5.11 Å². The van der Waals surface area contributed by atoms with Crippen molar-refractivity contribution < 1.29 is 5.11 Å². The number of aliphatic hydroxyl groups excluding tert-OH is 1. The number of hydrogen-bond acceptors (Lipinski definition) is 3. The fourth-order valence-corrected chi connectivity index (χ4v) is 2.94. The maximum atomic E-state index is 9.59. The van der Waals surface area contributed by atoms with E-state index >= 15 is 0 Å². The van der Waals surface area contributed by atoms with Crippen LogP contribution >= 0.6 is 0 Å². The van der Waals surface area contributed by atoms with E-state index < -0.39 is 0 Å². The smallest absolute Gasteiger partial charge is 0.0651 e. The van der Waals surface area contributed by atoms with Crippen molar-refractivity contribution >= 4 is 5.69 Å². The van der Waals surface area contributed by atoms with Gasteiger partial charge in [0, 0.05) is 24.8 Å². The van der Waals surface area contributed by atoms with Crippen molar-refractivity contribution in [1.29, 1.82) is 0 Å². The van der Waals surface area contributed by atoms with Crippen LogP contribution in [0.5, 0.6) is 0 Å². The van der Waals surface area contributed by atoms with Gasteiger partial charge in [0.1, 0.15) is 0 Å². The van der Waals surface area contributed by atoms with E-state index in [1.807, 2.05) is 0 Å². The number of rotatable bonds is 3. The molecule has 1 aliphatic heterocycles. The summed E-state index contributed by atoms with van der Waals surface area (Å²) in [6.07, 6.45) is 1.07. The van der Waals surface area contributed by atoms with Crippen LogP contribution in [0, 0.1) is 0 Å². The molecule has 1 heterocycles. The number of piperazine rings is 1. The summed E-state index contributed by atoms with van der Waals surface area (Å²) >= 11 is 0. The molecule has 0 aromatic heterocycles. The molecule has 1 aromatic carbocycles. The highest BCUT2D eigenvalue weighted by atomic mass is 16.3. The zero-order chi connectivity index (χ0) is 13.1. The van der Waals surface area contributed by atoms with Gasteiger partial charge in [0.25, 0.3) is 0 Å². The van der Waals surface area contributed by atoms with Crippen molar-refractivity contribution in [1.82, 2.24) is 4.90 Å². The molecule has 1 aliphatic rings. The van der Waals surface area contributed by atoms with Crippen LogP contribution in [0.25, 0.3) is 0 Å². The Hall–Kier alpha value is -1.06. The predicted octanol–water partition coefficient (Wildman–Crippen LogP) is 1.75. The SMILES string of the molecule is CCc1ccc(N2C(C)CN(C)CC2CO)cc1. The van der Waals surface area contributed by atoms with Crippen molar-refractivity contribution in [3.8, 4) is 0 Å². The molecule has 18 heavy (non-hydrogen) atoms. The number of likely N-dealkylation sites (N-methyl/N-ethyl adjacent to an activating group) is 1. The van der Waals surface area contributed by atoms with Crippen molar-refractivity contribution in [3.63, 3.8) is 0 Å². The highest BCUT2D eigenvalue weighted by Crippen LogP contribution is 2.24. The lowest BCUT2D eigenvalue weighted by atomic mass is 10.0. The zero-order valence-corrected chi connectivity index (χ0v) is 11.6. The summed E-state index contributed by atoms with van der Waals surface area (Å²) in [5, 5.41) is 9.59. The van der Waals surface area contributed by atoms with E-state index in [2.05, 4.69) is 55.0 Å². The molecule has 1 fully saturated rings. The van der Waals surface area contributed by atoms with Gasteiger partial charge in [0.2, 0.25) is 0 Å². The van der Waals surface area contributed by atoms with Gasteiger partial charge in [0.15, 0.2) is 0 Å². The summed E-state index contributed by atoms with van der Waals surface area (Å²) in [7, 11) is 2.12. The first-order valence-corrected chi connectivity index (χ1v) is 6.82. The number of benzene rings is 1. The summed E-state index contributed by atoms with van der Waals surface area (Å²) in [5.74, 6) is 0. The number of anilines is 1. The lowest BCUT2D eigenvalue weighted by Crippen LogP contribution is -2.58. The van der Waals surface area contributed by atoms with E-state index in [0.29, 0.717) is 6.04 Å². The first-order chi connectivity index (χ1) is 8.65. The monoisotopic (exact) mass is 248 g/mol. The van der Waals surface area contributed by atoms with E-state index in [4.69, 9.17) is 0 Å². The number of aryl methyl sites for hydroxylation is 1. The van der Waals surface area contributed by atoms with Crippen LogP contribution < -0.4 is 4.90 Å². The second-order valence-electron chi connectivity index (χ2n) is 5.33. The van der Waals surface area contributed by atoms with Gasteiger partial charge >= 0.3 is 0 Å². The molecule has 1 aromatic rings. The van der Waals surface area contributed by atoms with Crippen LogP contribution in [0.15, 0.2) is 24.3 Å². The standard InChI is InChI=1S/C15H24N2O/c1-4-13-5-7-14(8-6-13)17-12(2)9-16(3)10-15(17)11-18/h5-8,12,15,18H,4,9-11H2,1-3H3. The summed E-state index contributed by atoms with van der Waals surface area (Å²) in [5.41, 5.74) is 2.59. The molecule has 2 atom stereocenters. The largest absolute Gasteiger partial charge is 0.394 e.